The van der Waals surface area contributed by atoms with E-state index in [-0.39, 0.29) is 0 Å². The third kappa shape index (κ3) is 1.85. The highest BCUT2D eigenvalue weighted by Gasteiger charge is 2.19. The standard InChI is InChI=1S/C11H18/c1-2-6-10(5-1)9-11-7-3-4-8-11/h1,5,10-11H,2-4,6-9H2. The van der Waals surface area contributed by atoms with Crippen LogP contribution < -0.4 is 0 Å². The van der Waals surface area contributed by atoms with E-state index in [0.29, 0.717) is 0 Å². The molecule has 0 N–H and O–H groups in total. The SMILES string of the molecule is C1=CC(CC2CCCC2)CC1. The van der Waals surface area contributed by atoms with Crippen molar-refractivity contribution in [3.63, 3.8) is 0 Å². The van der Waals surface area contributed by atoms with Gasteiger partial charge in [0.1, 0.15) is 0 Å². The van der Waals surface area contributed by atoms with Crippen LogP contribution in [0.25, 0.3) is 0 Å². The second-order valence-corrected chi connectivity index (χ2v) is 4.15. The van der Waals surface area contributed by atoms with E-state index in [1.54, 1.807) is 0 Å². The topological polar surface area (TPSA) is 0 Å². The highest BCUT2D eigenvalue weighted by atomic mass is 14.2. The normalized spacial score (nSPS) is 31.8. The van der Waals surface area contributed by atoms with Crippen LogP contribution in [0, 0.1) is 11.8 Å². The Morgan fingerprint density at radius 1 is 1.09 bits per heavy atom. The van der Waals surface area contributed by atoms with E-state index in [0.717, 1.165) is 11.8 Å². The monoisotopic (exact) mass is 150 g/mol. The van der Waals surface area contributed by atoms with Gasteiger partial charge in [-0.3, -0.25) is 0 Å². The molecule has 11 heavy (non-hydrogen) atoms. The maximum absolute atomic E-state index is 2.44. The van der Waals surface area contributed by atoms with Gasteiger partial charge < -0.3 is 0 Å². The zero-order valence-corrected chi connectivity index (χ0v) is 7.26. The molecule has 0 bridgehead atoms. The first-order valence-electron chi connectivity index (χ1n) is 5.12. The zero-order chi connectivity index (χ0) is 7.52. The van der Waals surface area contributed by atoms with Crippen LogP contribution in [-0.4, -0.2) is 0 Å². The minimum absolute atomic E-state index is 0.957. The van der Waals surface area contributed by atoms with Crippen molar-refractivity contribution in [2.75, 3.05) is 0 Å². The largest absolute Gasteiger partial charge is 0.0882 e. The minimum Gasteiger partial charge on any atom is -0.0882 e. The summed E-state index contributed by atoms with van der Waals surface area (Å²) in [5.41, 5.74) is 0. The summed E-state index contributed by atoms with van der Waals surface area (Å²) in [5, 5.41) is 0. The Morgan fingerprint density at radius 2 is 1.91 bits per heavy atom. The third-order valence-corrected chi connectivity index (χ3v) is 3.22. The summed E-state index contributed by atoms with van der Waals surface area (Å²) in [6, 6.07) is 0. The van der Waals surface area contributed by atoms with Crippen molar-refractivity contribution < 1.29 is 0 Å². The summed E-state index contributed by atoms with van der Waals surface area (Å²) in [6.45, 7) is 0. The smallest absolute Gasteiger partial charge is 0.0228 e. The van der Waals surface area contributed by atoms with E-state index in [1.807, 2.05) is 0 Å². The molecule has 62 valence electrons. The maximum atomic E-state index is 2.44. The molecule has 1 fully saturated rings. The second kappa shape index (κ2) is 3.42. The van der Waals surface area contributed by atoms with Gasteiger partial charge in [0.25, 0.3) is 0 Å². The lowest BCUT2D eigenvalue weighted by atomic mass is 9.93. The Balaban J connectivity index is 1.75. The minimum atomic E-state index is 0.957. The van der Waals surface area contributed by atoms with Gasteiger partial charge in [-0.2, -0.15) is 0 Å². The number of hydrogen-bond donors (Lipinski definition) is 0. The Kier molecular flexibility index (Phi) is 2.30. The number of allylic oxidation sites excluding steroid dienone is 2. The predicted molar refractivity (Wildman–Crippen MR) is 48.4 cm³/mol. The maximum Gasteiger partial charge on any atom is -0.0228 e. The van der Waals surface area contributed by atoms with E-state index in [4.69, 9.17) is 0 Å². The molecule has 0 heteroatoms. The third-order valence-electron chi connectivity index (χ3n) is 3.22. The molecule has 0 saturated heterocycles. The average Bonchev–Trinajstić information content (AvgIpc) is 2.60. The van der Waals surface area contributed by atoms with E-state index < -0.39 is 0 Å². The van der Waals surface area contributed by atoms with Gasteiger partial charge in [0.2, 0.25) is 0 Å². The zero-order valence-electron chi connectivity index (χ0n) is 7.26. The molecule has 0 nitrogen and oxygen atoms in total. The lowest BCUT2D eigenvalue weighted by Gasteiger charge is -2.12. The van der Waals surface area contributed by atoms with Crippen LogP contribution in [0.3, 0.4) is 0 Å². The summed E-state index contributed by atoms with van der Waals surface area (Å²) in [4.78, 5) is 0. The van der Waals surface area contributed by atoms with Crippen LogP contribution in [0.15, 0.2) is 12.2 Å². The van der Waals surface area contributed by atoms with Gasteiger partial charge >= 0.3 is 0 Å². The predicted octanol–water partition coefficient (Wildman–Crippen LogP) is 3.53. The second-order valence-electron chi connectivity index (χ2n) is 4.15. The van der Waals surface area contributed by atoms with E-state index in [1.165, 1.54) is 44.9 Å². The Hall–Kier alpha value is -0.260. The molecule has 1 atom stereocenters. The summed E-state index contributed by atoms with van der Waals surface area (Å²) >= 11 is 0. The van der Waals surface area contributed by atoms with Crippen molar-refractivity contribution in [2.24, 2.45) is 11.8 Å². The van der Waals surface area contributed by atoms with Gasteiger partial charge in [-0.15, -0.1) is 0 Å². The molecule has 1 saturated carbocycles. The van der Waals surface area contributed by atoms with E-state index in [9.17, 15) is 0 Å². The Bertz CT molecular complexity index is 140. The molecular formula is C11H18. The summed E-state index contributed by atoms with van der Waals surface area (Å²) in [5.74, 6) is 2.04. The first kappa shape index (κ1) is 7.39. The lowest BCUT2D eigenvalue weighted by Crippen LogP contribution is -2.00. The van der Waals surface area contributed by atoms with Gasteiger partial charge in [-0.05, 0) is 31.1 Å². The molecule has 1 unspecified atom stereocenters. The van der Waals surface area contributed by atoms with Crippen molar-refractivity contribution in [2.45, 2.75) is 44.9 Å². The summed E-state index contributed by atoms with van der Waals surface area (Å²) in [7, 11) is 0. The van der Waals surface area contributed by atoms with Crippen LogP contribution in [-0.2, 0) is 0 Å². The average molecular weight is 150 g/mol. The van der Waals surface area contributed by atoms with Gasteiger partial charge in [0, 0.05) is 0 Å². The van der Waals surface area contributed by atoms with Crippen molar-refractivity contribution in [1.82, 2.24) is 0 Å². The first-order chi connectivity index (χ1) is 5.45. The molecule has 0 aliphatic heterocycles. The fourth-order valence-corrected chi connectivity index (χ4v) is 2.57. The molecule has 2 aliphatic rings. The lowest BCUT2D eigenvalue weighted by molar-refractivity contribution is 0.421. The Morgan fingerprint density at radius 3 is 2.55 bits per heavy atom. The highest BCUT2D eigenvalue weighted by Crippen LogP contribution is 2.33. The fraction of sp³-hybridized carbons (Fsp3) is 0.818. The van der Waals surface area contributed by atoms with E-state index >= 15 is 0 Å². The molecule has 2 aliphatic carbocycles. The van der Waals surface area contributed by atoms with Gasteiger partial charge in [-0.25, -0.2) is 0 Å². The van der Waals surface area contributed by atoms with Crippen molar-refractivity contribution in [3.05, 3.63) is 12.2 Å². The number of rotatable bonds is 2. The van der Waals surface area contributed by atoms with E-state index in [2.05, 4.69) is 12.2 Å². The van der Waals surface area contributed by atoms with Crippen LogP contribution in [0.2, 0.25) is 0 Å². The molecular weight excluding hydrogens is 132 g/mol. The van der Waals surface area contributed by atoms with Crippen LogP contribution >= 0.6 is 0 Å². The van der Waals surface area contributed by atoms with Gasteiger partial charge in [0.05, 0.1) is 0 Å². The van der Waals surface area contributed by atoms with Gasteiger partial charge in [0.15, 0.2) is 0 Å². The first-order valence-corrected chi connectivity index (χ1v) is 5.12. The molecule has 0 amide bonds. The van der Waals surface area contributed by atoms with Crippen molar-refractivity contribution >= 4 is 0 Å². The highest BCUT2D eigenvalue weighted by molar-refractivity contribution is 4.96. The molecule has 0 aromatic rings. The molecule has 0 aromatic carbocycles. The molecule has 0 aromatic heterocycles. The molecule has 0 heterocycles. The summed E-state index contributed by atoms with van der Waals surface area (Å²) in [6.07, 6.45) is 15.1. The molecule has 0 radical (unpaired) electrons. The fourth-order valence-electron chi connectivity index (χ4n) is 2.57. The molecule has 2 rings (SSSR count). The van der Waals surface area contributed by atoms with Crippen molar-refractivity contribution in [1.29, 1.82) is 0 Å². The van der Waals surface area contributed by atoms with Crippen LogP contribution in [0.5, 0.6) is 0 Å². The molecule has 0 spiro atoms. The Labute approximate surface area is 69.7 Å². The summed E-state index contributed by atoms with van der Waals surface area (Å²) < 4.78 is 0. The quantitative estimate of drug-likeness (QED) is 0.528. The van der Waals surface area contributed by atoms with Gasteiger partial charge in [-0.1, -0.05) is 37.8 Å². The van der Waals surface area contributed by atoms with Crippen LogP contribution in [0.4, 0.5) is 0 Å². The number of hydrogen-bond acceptors (Lipinski definition) is 0. The van der Waals surface area contributed by atoms with Crippen LogP contribution in [0.1, 0.15) is 44.9 Å². The van der Waals surface area contributed by atoms with Crippen molar-refractivity contribution in [3.8, 4) is 0 Å².